The van der Waals surface area contributed by atoms with Gasteiger partial charge in [-0.25, -0.2) is 9.97 Å². The number of carbonyl (C=O) groups is 1. The Morgan fingerprint density at radius 3 is 2.57 bits per heavy atom. The lowest BCUT2D eigenvalue weighted by molar-refractivity contribution is 0.103. The molecular weight excluding hydrogens is 396 g/mol. The van der Waals surface area contributed by atoms with Gasteiger partial charge in [0, 0.05) is 18.8 Å². The van der Waals surface area contributed by atoms with E-state index in [9.17, 15) is 4.79 Å². The highest BCUT2D eigenvalue weighted by molar-refractivity contribution is 7.20. The summed E-state index contributed by atoms with van der Waals surface area (Å²) in [5, 5.41) is 4.30. The second-order valence-corrected chi connectivity index (χ2v) is 7.71. The van der Waals surface area contributed by atoms with Crippen LogP contribution >= 0.6 is 22.9 Å². The zero-order chi connectivity index (χ0) is 20.4. The maximum Gasteiger partial charge on any atom is 0.266 e. The van der Waals surface area contributed by atoms with Crippen LogP contribution in [0.25, 0.3) is 10.2 Å². The number of nitrogens with zero attached hydrogens (tertiary/aromatic N) is 3. The Hall–Kier alpha value is -2.38. The van der Waals surface area contributed by atoms with Crippen molar-refractivity contribution in [2.24, 2.45) is 0 Å². The van der Waals surface area contributed by atoms with Gasteiger partial charge in [0.2, 0.25) is 0 Å². The molecule has 0 spiro atoms. The quantitative estimate of drug-likeness (QED) is 0.605. The molecule has 0 unspecified atom stereocenters. The number of methoxy groups -OCH3 is 1. The first kappa shape index (κ1) is 20.4. The van der Waals surface area contributed by atoms with Crippen molar-refractivity contribution in [1.82, 2.24) is 9.97 Å². The molecule has 0 saturated carbocycles. The number of fused-ring (bicyclic) bond motifs is 1. The molecule has 1 N–H and O–H groups in total. The lowest BCUT2D eigenvalue weighted by atomic mass is 10.1. The molecule has 8 heteroatoms. The number of ether oxygens (including phenoxy) is 1. The molecule has 0 aliphatic carbocycles. The van der Waals surface area contributed by atoms with Gasteiger partial charge in [-0.15, -0.1) is 11.3 Å². The fourth-order valence-corrected chi connectivity index (χ4v) is 4.50. The molecule has 2 heterocycles. The van der Waals surface area contributed by atoms with E-state index < -0.39 is 0 Å². The zero-order valence-corrected chi connectivity index (χ0v) is 18.2. The summed E-state index contributed by atoms with van der Waals surface area (Å²) in [6, 6.07) is 5.16. The summed E-state index contributed by atoms with van der Waals surface area (Å²) in [6.07, 6.45) is 0. The van der Waals surface area contributed by atoms with Crippen LogP contribution in [-0.4, -0.2) is 36.1 Å². The summed E-state index contributed by atoms with van der Waals surface area (Å²) < 4.78 is 5.15. The van der Waals surface area contributed by atoms with Gasteiger partial charge in [0.1, 0.15) is 22.2 Å². The summed E-state index contributed by atoms with van der Waals surface area (Å²) in [4.78, 5) is 25.8. The van der Waals surface area contributed by atoms with Crippen molar-refractivity contribution >= 4 is 50.6 Å². The third-order valence-corrected chi connectivity index (χ3v) is 6.04. The van der Waals surface area contributed by atoms with Crippen LogP contribution in [0.1, 0.15) is 34.9 Å². The topological polar surface area (TPSA) is 67.4 Å². The molecule has 1 aromatic carbocycles. The number of carbonyl (C=O) groups excluding carboxylic acids is 1. The van der Waals surface area contributed by atoms with Crippen LogP contribution in [0.15, 0.2) is 18.2 Å². The molecule has 0 aliphatic rings. The van der Waals surface area contributed by atoms with Gasteiger partial charge in [-0.1, -0.05) is 11.6 Å². The summed E-state index contributed by atoms with van der Waals surface area (Å²) in [5.41, 5.74) is 1.50. The molecule has 3 rings (SSSR count). The fraction of sp³-hybridized carbons (Fsp3) is 0.350. The van der Waals surface area contributed by atoms with Crippen LogP contribution in [0.3, 0.4) is 0 Å². The summed E-state index contributed by atoms with van der Waals surface area (Å²) in [7, 11) is 1.55. The van der Waals surface area contributed by atoms with Crippen LogP contribution in [-0.2, 0) is 0 Å². The smallest absolute Gasteiger partial charge is 0.266 e. The zero-order valence-electron chi connectivity index (χ0n) is 16.6. The Morgan fingerprint density at radius 1 is 1.25 bits per heavy atom. The number of hydrogen-bond donors (Lipinski definition) is 1. The van der Waals surface area contributed by atoms with Gasteiger partial charge in [-0.3, -0.25) is 4.79 Å². The normalized spacial score (nSPS) is 10.9. The molecule has 0 radical (unpaired) electrons. The molecule has 148 valence electrons. The minimum absolute atomic E-state index is 0.190. The largest absolute Gasteiger partial charge is 0.495 e. The van der Waals surface area contributed by atoms with Gasteiger partial charge in [0.15, 0.2) is 0 Å². The highest BCUT2D eigenvalue weighted by Gasteiger charge is 2.22. The maximum absolute atomic E-state index is 12.9. The Labute approximate surface area is 173 Å². The number of rotatable bonds is 6. The van der Waals surface area contributed by atoms with E-state index in [1.807, 2.05) is 13.8 Å². The van der Waals surface area contributed by atoms with Crippen molar-refractivity contribution in [2.45, 2.75) is 27.7 Å². The minimum atomic E-state index is -0.190. The van der Waals surface area contributed by atoms with Crippen LogP contribution in [0, 0.1) is 13.8 Å². The molecule has 0 atom stereocenters. The van der Waals surface area contributed by atoms with Gasteiger partial charge in [-0.05, 0) is 51.5 Å². The Bertz CT molecular complexity index is 1030. The highest BCUT2D eigenvalue weighted by atomic mass is 35.5. The predicted molar refractivity (Wildman–Crippen MR) is 116 cm³/mol. The second-order valence-electron chi connectivity index (χ2n) is 6.31. The van der Waals surface area contributed by atoms with Gasteiger partial charge in [0.25, 0.3) is 5.91 Å². The predicted octanol–water partition coefficient (Wildman–Crippen LogP) is 5.07. The lowest BCUT2D eigenvalue weighted by Crippen LogP contribution is -2.23. The van der Waals surface area contributed by atoms with Crippen molar-refractivity contribution in [3.8, 4) is 5.75 Å². The van der Waals surface area contributed by atoms with E-state index in [-0.39, 0.29) is 5.91 Å². The van der Waals surface area contributed by atoms with Gasteiger partial charge < -0.3 is 15.0 Å². The number of anilines is 2. The second kappa shape index (κ2) is 8.32. The van der Waals surface area contributed by atoms with E-state index >= 15 is 0 Å². The summed E-state index contributed by atoms with van der Waals surface area (Å²) in [6.45, 7) is 9.68. The number of aromatic nitrogens is 2. The monoisotopic (exact) mass is 418 g/mol. The molecule has 28 heavy (non-hydrogen) atoms. The average molecular weight is 419 g/mol. The number of amides is 1. The third-order valence-electron chi connectivity index (χ3n) is 4.56. The van der Waals surface area contributed by atoms with Gasteiger partial charge in [-0.2, -0.15) is 0 Å². The molecule has 0 bridgehead atoms. The SMILES string of the molecule is CCN(CC)c1nc(C)nc2sc(C(=O)Nc3ccc(OC)c(Cl)c3)c(C)c12. The van der Waals surface area contributed by atoms with Crippen LogP contribution < -0.4 is 15.0 Å². The van der Waals surface area contributed by atoms with Gasteiger partial charge in [0.05, 0.1) is 22.4 Å². The van der Waals surface area contributed by atoms with Crippen molar-refractivity contribution in [1.29, 1.82) is 0 Å². The fourth-order valence-electron chi connectivity index (χ4n) is 3.12. The first-order valence-corrected chi connectivity index (χ1v) is 10.3. The van der Waals surface area contributed by atoms with E-state index in [1.54, 1.807) is 25.3 Å². The van der Waals surface area contributed by atoms with Crippen molar-refractivity contribution in [3.05, 3.63) is 39.5 Å². The summed E-state index contributed by atoms with van der Waals surface area (Å²) in [5.74, 6) is 1.95. The van der Waals surface area contributed by atoms with Crippen LogP contribution in [0.5, 0.6) is 5.75 Å². The van der Waals surface area contributed by atoms with E-state index in [4.69, 9.17) is 16.3 Å². The molecule has 1 amide bonds. The molecule has 3 aromatic rings. The number of hydrogen-bond acceptors (Lipinski definition) is 6. The number of thiophene rings is 1. The van der Waals surface area contributed by atoms with Gasteiger partial charge >= 0.3 is 0 Å². The number of benzene rings is 1. The van der Waals surface area contributed by atoms with Crippen molar-refractivity contribution in [2.75, 3.05) is 30.4 Å². The first-order valence-electron chi connectivity index (χ1n) is 9.07. The molecule has 0 saturated heterocycles. The molecule has 6 nitrogen and oxygen atoms in total. The van der Waals surface area contributed by atoms with E-state index in [2.05, 4.69) is 34.0 Å². The maximum atomic E-state index is 12.9. The average Bonchev–Trinajstić information content (AvgIpc) is 2.99. The van der Waals surface area contributed by atoms with E-state index in [1.165, 1.54) is 11.3 Å². The molecule has 0 aliphatic heterocycles. The van der Waals surface area contributed by atoms with Crippen LogP contribution in [0.4, 0.5) is 11.5 Å². The minimum Gasteiger partial charge on any atom is -0.495 e. The Kier molecular flexibility index (Phi) is 6.05. The summed E-state index contributed by atoms with van der Waals surface area (Å²) >= 11 is 7.54. The number of halogens is 1. The van der Waals surface area contributed by atoms with Crippen molar-refractivity contribution in [3.63, 3.8) is 0 Å². The Morgan fingerprint density at radius 2 is 1.96 bits per heavy atom. The number of nitrogens with one attached hydrogen (secondary N) is 1. The standard InChI is InChI=1S/C20H23ClN4O2S/c1-6-25(7-2)18-16-11(3)17(28-20(16)23-12(4)22-18)19(26)24-13-8-9-15(27-5)14(21)10-13/h8-10H,6-7H2,1-5H3,(H,24,26). The lowest BCUT2D eigenvalue weighted by Gasteiger charge is -2.21. The van der Waals surface area contributed by atoms with Crippen molar-refractivity contribution < 1.29 is 9.53 Å². The Balaban J connectivity index is 2.01. The van der Waals surface area contributed by atoms with Crippen LogP contribution in [0.2, 0.25) is 5.02 Å². The molecular formula is C20H23ClN4O2S. The molecule has 0 fully saturated rings. The van der Waals surface area contributed by atoms with E-state index in [0.29, 0.717) is 27.2 Å². The third kappa shape index (κ3) is 3.77. The number of aryl methyl sites for hydroxylation is 2. The van der Waals surface area contributed by atoms with E-state index in [0.717, 1.165) is 34.7 Å². The first-order chi connectivity index (χ1) is 13.4. The highest BCUT2D eigenvalue weighted by Crippen LogP contribution is 2.36. The molecule has 2 aromatic heterocycles.